The van der Waals surface area contributed by atoms with Crippen molar-refractivity contribution in [3.05, 3.63) is 42.4 Å². The molecule has 2 aromatic rings. The van der Waals surface area contributed by atoms with Crippen LogP contribution in [0.3, 0.4) is 0 Å². The van der Waals surface area contributed by atoms with Crippen LogP contribution >= 0.6 is 0 Å². The molecule has 19 heavy (non-hydrogen) atoms. The molecular formula is C15H18N4. The molecule has 4 nitrogen and oxygen atoms in total. The average Bonchev–Trinajstić information content (AvgIpc) is 2.92. The van der Waals surface area contributed by atoms with Crippen LogP contribution in [-0.2, 0) is 6.54 Å². The van der Waals surface area contributed by atoms with Gasteiger partial charge in [-0.1, -0.05) is 6.07 Å². The van der Waals surface area contributed by atoms with Gasteiger partial charge >= 0.3 is 0 Å². The topological polar surface area (TPSA) is 55.0 Å². The Bertz CT molecular complexity index is 544. The van der Waals surface area contributed by atoms with Crippen LogP contribution in [0.1, 0.15) is 18.4 Å². The van der Waals surface area contributed by atoms with Crippen LogP contribution in [0.4, 0.5) is 5.69 Å². The molecule has 1 fully saturated rings. The second-order valence-corrected chi connectivity index (χ2v) is 5.04. The summed E-state index contributed by atoms with van der Waals surface area (Å²) in [6.07, 6.45) is 8.03. The molecule has 0 saturated carbocycles. The lowest BCUT2D eigenvalue weighted by atomic mass is 10.1. The van der Waals surface area contributed by atoms with Crippen LogP contribution in [0.5, 0.6) is 0 Å². The Hall–Kier alpha value is -1.94. The summed E-state index contributed by atoms with van der Waals surface area (Å²) >= 11 is 0. The minimum absolute atomic E-state index is 0.667. The van der Waals surface area contributed by atoms with Gasteiger partial charge in [-0.05, 0) is 43.6 Å². The van der Waals surface area contributed by atoms with Gasteiger partial charge in [0, 0.05) is 30.7 Å². The molecular weight excluding hydrogens is 236 g/mol. The van der Waals surface area contributed by atoms with Gasteiger partial charge in [0.1, 0.15) is 0 Å². The highest BCUT2D eigenvalue weighted by molar-refractivity contribution is 5.62. The number of nitrogens with two attached hydrogens (primary N) is 1. The summed E-state index contributed by atoms with van der Waals surface area (Å²) in [6, 6.07) is 6.08. The molecule has 0 unspecified atom stereocenters. The van der Waals surface area contributed by atoms with Gasteiger partial charge in [0.15, 0.2) is 0 Å². The molecule has 4 heteroatoms. The van der Waals surface area contributed by atoms with Gasteiger partial charge in [0.05, 0.1) is 11.4 Å². The van der Waals surface area contributed by atoms with E-state index >= 15 is 0 Å². The van der Waals surface area contributed by atoms with Crippen molar-refractivity contribution in [1.29, 1.82) is 0 Å². The van der Waals surface area contributed by atoms with Gasteiger partial charge in [-0.15, -0.1) is 0 Å². The van der Waals surface area contributed by atoms with Crippen molar-refractivity contribution in [2.75, 3.05) is 18.8 Å². The Kier molecular flexibility index (Phi) is 3.42. The third kappa shape index (κ3) is 2.90. The van der Waals surface area contributed by atoms with Crippen LogP contribution in [-0.4, -0.2) is 28.0 Å². The van der Waals surface area contributed by atoms with E-state index in [1.54, 1.807) is 12.4 Å². The van der Waals surface area contributed by atoms with E-state index in [1.807, 2.05) is 18.3 Å². The van der Waals surface area contributed by atoms with Crippen LogP contribution in [0.15, 0.2) is 36.8 Å². The van der Waals surface area contributed by atoms with Crippen molar-refractivity contribution < 1.29 is 0 Å². The van der Waals surface area contributed by atoms with Crippen molar-refractivity contribution in [3.8, 4) is 11.3 Å². The summed E-state index contributed by atoms with van der Waals surface area (Å²) in [5.74, 6) is 0. The van der Waals surface area contributed by atoms with Crippen LogP contribution < -0.4 is 5.73 Å². The maximum atomic E-state index is 5.74. The number of aromatic nitrogens is 2. The maximum absolute atomic E-state index is 5.74. The zero-order valence-corrected chi connectivity index (χ0v) is 10.9. The molecule has 0 atom stereocenters. The summed E-state index contributed by atoms with van der Waals surface area (Å²) in [4.78, 5) is 11.1. The second kappa shape index (κ2) is 5.36. The molecule has 3 heterocycles. The molecule has 0 spiro atoms. The standard InChI is InChI=1S/C15H18N4/c16-14-7-13(9-17-10-14)15-4-3-12(8-18-15)11-19-5-1-2-6-19/h3-4,7-10H,1-2,5-6,11,16H2. The van der Waals surface area contributed by atoms with Gasteiger partial charge in [0.25, 0.3) is 0 Å². The highest BCUT2D eigenvalue weighted by atomic mass is 15.1. The number of likely N-dealkylation sites (tertiary alicyclic amines) is 1. The molecule has 0 amide bonds. The highest BCUT2D eigenvalue weighted by Crippen LogP contribution is 2.19. The number of nitrogen functional groups attached to an aromatic ring is 1. The summed E-state index contributed by atoms with van der Waals surface area (Å²) in [6.45, 7) is 3.42. The van der Waals surface area contributed by atoms with Crippen molar-refractivity contribution in [2.45, 2.75) is 19.4 Å². The van der Waals surface area contributed by atoms with Crippen molar-refractivity contribution >= 4 is 5.69 Å². The summed E-state index contributed by atoms with van der Waals surface area (Å²) < 4.78 is 0. The first-order chi connectivity index (χ1) is 9.31. The van der Waals surface area contributed by atoms with E-state index in [4.69, 9.17) is 5.73 Å². The van der Waals surface area contributed by atoms with Crippen molar-refractivity contribution in [2.24, 2.45) is 0 Å². The van der Waals surface area contributed by atoms with E-state index in [1.165, 1.54) is 31.5 Å². The van der Waals surface area contributed by atoms with Crippen molar-refractivity contribution in [3.63, 3.8) is 0 Å². The number of hydrogen-bond acceptors (Lipinski definition) is 4. The van der Waals surface area contributed by atoms with E-state index < -0.39 is 0 Å². The first-order valence-electron chi connectivity index (χ1n) is 6.69. The number of pyridine rings is 2. The van der Waals surface area contributed by atoms with Gasteiger partial charge < -0.3 is 5.73 Å². The Morgan fingerprint density at radius 2 is 1.95 bits per heavy atom. The highest BCUT2D eigenvalue weighted by Gasteiger charge is 2.11. The number of rotatable bonds is 3. The molecule has 1 saturated heterocycles. The molecule has 2 aromatic heterocycles. The largest absolute Gasteiger partial charge is 0.397 e. The molecule has 3 rings (SSSR count). The lowest BCUT2D eigenvalue weighted by Crippen LogP contribution is -2.18. The summed E-state index contributed by atoms with van der Waals surface area (Å²) in [5.41, 5.74) is 9.56. The zero-order valence-electron chi connectivity index (χ0n) is 10.9. The van der Waals surface area contributed by atoms with Crippen LogP contribution in [0, 0.1) is 0 Å². The molecule has 2 N–H and O–H groups in total. The van der Waals surface area contributed by atoms with E-state index in [0.717, 1.165) is 17.8 Å². The molecule has 1 aliphatic heterocycles. The quantitative estimate of drug-likeness (QED) is 0.913. The van der Waals surface area contributed by atoms with Gasteiger partial charge in [-0.3, -0.25) is 14.9 Å². The van der Waals surface area contributed by atoms with Crippen LogP contribution in [0.2, 0.25) is 0 Å². The molecule has 0 bridgehead atoms. The fraction of sp³-hybridized carbons (Fsp3) is 0.333. The predicted molar refractivity (Wildman–Crippen MR) is 76.4 cm³/mol. The molecule has 1 aliphatic rings. The maximum Gasteiger partial charge on any atom is 0.0718 e. The third-order valence-corrected chi connectivity index (χ3v) is 3.48. The van der Waals surface area contributed by atoms with Crippen molar-refractivity contribution in [1.82, 2.24) is 14.9 Å². The SMILES string of the molecule is Nc1cncc(-c2ccc(CN3CCCC3)cn2)c1. The Morgan fingerprint density at radius 3 is 2.63 bits per heavy atom. The first kappa shape index (κ1) is 12.1. The van der Waals surface area contributed by atoms with Gasteiger partial charge in [-0.25, -0.2) is 0 Å². The number of anilines is 1. The fourth-order valence-electron chi connectivity index (χ4n) is 2.49. The summed E-state index contributed by atoms with van der Waals surface area (Å²) in [7, 11) is 0. The zero-order chi connectivity index (χ0) is 13.1. The van der Waals surface area contributed by atoms with E-state index in [-0.39, 0.29) is 0 Å². The molecule has 0 radical (unpaired) electrons. The second-order valence-electron chi connectivity index (χ2n) is 5.04. The first-order valence-corrected chi connectivity index (χ1v) is 6.69. The van der Waals surface area contributed by atoms with E-state index in [0.29, 0.717) is 5.69 Å². The Morgan fingerprint density at radius 1 is 1.11 bits per heavy atom. The minimum atomic E-state index is 0.667. The van der Waals surface area contributed by atoms with E-state index in [9.17, 15) is 0 Å². The van der Waals surface area contributed by atoms with Gasteiger partial charge in [-0.2, -0.15) is 0 Å². The summed E-state index contributed by atoms with van der Waals surface area (Å²) in [5, 5.41) is 0. The minimum Gasteiger partial charge on any atom is -0.397 e. The molecule has 0 aromatic carbocycles. The molecule has 98 valence electrons. The monoisotopic (exact) mass is 254 g/mol. The average molecular weight is 254 g/mol. The lowest BCUT2D eigenvalue weighted by Gasteiger charge is -2.14. The molecule has 0 aliphatic carbocycles. The van der Waals surface area contributed by atoms with E-state index in [2.05, 4.69) is 20.9 Å². The number of hydrogen-bond donors (Lipinski definition) is 1. The van der Waals surface area contributed by atoms with Crippen LogP contribution in [0.25, 0.3) is 11.3 Å². The fourth-order valence-corrected chi connectivity index (χ4v) is 2.49. The van der Waals surface area contributed by atoms with Gasteiger partial charge in [0.2, 0.25) is 0 Å². The smallest absolute Gasteiger partial charge is 0.0718 e. The Balaban J connectivity index is 1.74. The third-order valence-electron chi connectivity index (χ3n) is 3.48. The Labute approximate surface area is 113 Å². The number of nitrogens with zero attached hydrogens (tertiary/aromatic N) is 3. The lowest BCUT2D eigenvalue weighted by molar-refractivity contribution is 0.331. The predicted octanol–water partition coefficient (Wildman–Crippen LogP) is 2.32. The normalized spacial score (nSPS) is 15.8.